The summed E-state index contributed by atoms with van der Waals surface area (Å²) in [4.78, 5) is -0.147. The molecule has 114 valence electrons. The van der Waals surface area contributed by atoms with Crippen LogP contribution in [-0.2, 0) is 16.4 Å². The number of anilines is 2. The number of H-pyrrole nitrogens is 1. The molecule has 2 aromatic rings. The lowest BCUT2D eigenvalue weighted by Crippen LogP contribution is -2.14. The number of nitrogens with one attached hydrogen (secondary N) is 2. The summed E-state index contributed by atoms with van der Waals surface area (Å²) < 4.78 is 27.0. The van der Waals surface area contributed by atoms with Crippen molar-refractivity contribution in [3.63, 3.8) is 0 Å². The quantitative estimate of drug-likeness (QED) is 0.722. The van der Waals surface area contributed by atoms with E-state index in [4.69, 9.17) is 28.9 Å². The monoisotopic (exact) mass is 348 g/mol. The fraction of sp³-hybridized carbons (Fsp3) is 0.250. The first-order chi connectivity index (χ1) is 9.85. The van der Waals surface area contributed by atoms with E-state index in [0.717, 1.165) is 18.5 Å². The lowest BCUT2D eigenvalue weighted by molar-refractivity contribution is 0.601. The number of sulfonamides is 1. The number of nitrogens with zero attached hydrogens (tertiary/aromatic N) is 1. The number of hydrogen-bond acceptors (Lipinski definition) is 4. The van der Waals surface area contributed by atoms with Crippen molar-refractivity contribution in [2.24, 2.45) is 0 Å². The molecule has 1 aromatic carbocycles. The number of hydrogen-bond donors (Lipinski definition) is 3. The number of aromatic nitrogens is 2. The Morgan fingerprint density at radius 1 is 1.38 bits per heavy atom. The van der Waals surface area contributed by atoms with Gasteiger partial charge in [0.15, 0.2) is 5.82 Å². The summed E-state index contributed by atoms with van der Waals surface area (Å²) in [5.74, 6) is 0.197. The minimum absolute atomic E-state index is 0.0231. The Labute approximate surface area is 132 Å². The molecule has 6 nitrogen and oxygen atoms in total. The highest BCUT2D eigenvalue weighted by Gasteiger charge is 2.21. The van der Waals surface area contributed by atoms with E-state index in [2.05, 4.69) is 14.9 Å². The zero-order valence-corrected chi connectivity index (χ0v) is 13.5. The van der Waals surface area contributed by atoms with Crippen LogP contribution in [0, 0.1) is 0 Å². The maximum atomic E-state index is 12.3. The van der Waals surface area contributed by atoms with Crippen molar-refractivity contribution in [3.05, 3.63) is 33.9 Å². The number of benzene rings is 1. The second-order valence-electron chi connectivity index (χ2n) is 4.41. The fourth-order valence-electron chi connectivity index (χ4n) is 1.76. The molecule has 2 rings (SSSR count). The average Bonchev–Trinajstić information content (AvgIpc) is 2.82. The molecular weight excluding hydrogens is 335 g/mol. The summed E-state index contributed by atoms with van der Waals surface area (Å²) in [7, 11) is -3.89. The van der Waals surface area contributed by atoms with Crippen LogP contribution in [0.5, 0.6) is 0 Å². The second kappa shape index (κ2) is 6.13. The molecule has 4 N–H and O–H groups in total. The Kier molecular flexibility index (Phi) is 4.65. The number of nitrogens with two attached hydrogens (primary N) is 1. The predicted octanol–water partition coefficient (Wildman–Crippen LogP) is 3.05. The lowest BCUT2D eigenvalue weighted by Gasteiger charge is -2.09. The largest absolute Gasteiger partial charge is 0.396 e. The summed E-state index contributed by atoms with van der Waals surface area (Å²) >= 11 is 11.7. The van der Waals surface area contributed by atoms with Gasteiger partial charge in [0.05, 0.1) is 15.7 Å². The van der Waals surface area contributed by atoms with Gasteiger partial charge in [-0.1, -0.05) is 36.5 Å². The van der Waals surface area contributed by atoms with Crippen molar-refractivity contribution in [2.45, 2.75) is 24.7 Å². The van der Waals surface area contributed by atoms with Crippen LogP contribution in [0.15, 0.2) is 23.1 Å². The molecule has 0 aliphatic heterocycles. The van der Waals surface area contributed by atoms with Gasteiger partial charge in [-0.15, -0.1) is 0 Å². The van der Waals surface area contributed by atoms with Crippen LogP contribution < -0.4 is 10.5 Å². The smallest absolute Gasteiger partial charge is 0.264 e. The molecule has 0 aliphatic carbocycles. The first kappa shape index (κ1) is 15.9. The number of aromatic amines is 1. The molecule has 21 heavy (non-hydrogen) atoms. The van der Waals surface area contributed by atoms with Crippen LogP contribution in [0.1, 0.15) is 19.0 Å². The third kappa shape index (κ3) is 3.42. The summed E-state index contributed by atoms with van der Waals surface area (Å²) in [6.45, 7) is 2.01. The molecule has 0 radical (unpaired) electrons. The van der Waals surface area contributed by atoms with Gasteiger partial charge in [0.25, 0.3) is 10.0 Å². The van der Waals surface area contributed by atoms with Gasteiger partial charge >= 0.3 is 0 Å². The van der Waals surface area contributed by atoms with Crippen LogP contribution in [-0.4, -0.2) is 18.6 Å². The van der Waals surface area contributed by atoms with E-state index in [1.54, 1.807) is 6.07 Å². The van der Waals surface area contributed by atoms with E-state index in [-0.39, 0.29) is 26.4 Å². The van der Waals surface area contributed by atoms with E-state index in [1.165, 1.54) is 12.1 Å². The van der Waals surface area contributed by atoms with Crippen molar-refractivity contribution in [2.75, 3.05) is 10.5 Å². The maximum absolute atomic E-state index is 12.3. The summed E-state index contributed by atoms with van der Waals surface area (Å²) in [6, 6.07) is 4.31. The first-order valence-electron chi connectivity index (χ1n) is 6.15. The molecule has 1 heterocycles. The third-order valence-corrected chi connectivity index (χ3v) is 5.02. The maximum Gasteiger partial charge on any atom is 0.264 e. The van der Waals surface area contributed by atoms with Crippen molar-refractivity contribution in [3.8, 4) is 0 Å². The minimum Gasteiger partial charge on any atom is -0.396 e. The highest BCUT2D eigenvalue weighted by Crippen LogP contribution is 2.33. The van der Waals surface area contributed by atoms with Gasteiger partial charge in [-0.25, -0.2) is 8.42 Å². The van der Waals surface area contributed by atoms with Gasteiger partial charge in [-0.2, -0.15) is 5.10 Å². The molecule has 0 unspecified atom stereocenters. The standard InChI is InChI=1S/C12H14Cl2N4O2S/c1-2-3-7-6-10(17-16-7)18-21(19,20)9-5-4-8(13)12(15)11(9)14/h4-6H,2-3,15H2,1H3,(H2,16,17,18). The highest BCUT2D eigenvalue weighted by molar-refractivity contribution is 7.92. The van der Waals surface area contributed by atoms with Crippen molar-refractivity contribution < 1.29 is 8.42 Å². The van der Waals surface area contributed by atoms with E-state index >= 15 is 0 Å². The van der Waals surface area contributed by atoms with Crippen LogP contribution in [0.3, 0.4) is 0 Å². The molecule has 0 atom stereocenters. The molecule has 0 aliphatic rings. The number of nitrogen functional groups attached to an aromatic ring is 1. The van der Waals surface area contributed by atoms with Crippen molar-refractivity contribution in [1.29, 1.82) is 0 Å². The summed E-state index contributed by atoms with van der Waals surface area (Å²) in [5, 5.41) is 6.75. The minimum atomic E-state index is -3.89. The Hall–Kier alpha value is -1.44. The molecule has 0 saturated carbocycles. The molecule has 9 heteroatoms. The van der Waals surface area contributed by atoms with Gasteiger partial charge in [-0.05, 0) is 18.6 Å². The molecule has 0 spiro atoms. The van der Waals surface area contributed by atoms with Gasteiger partial charge in [0, 0.05) is 11.8 Å². The van der Waals surface area contributed by atoms with Crippen LogP contribution >= 0.6 is 23.2 Å². The zero-order chi connectivity index (χ0) is 15.6. The lowest BCUT2D eigenvalue weighted by atomic mass is 10.2. The van der Waals surface area contributed by atoms with E-state index in [9.17, 15) is 8.42 Å². The Balaban J connectivity index is 2.32. The van der Waals surface area contributed by atoms with Gasteiger partial charge in [0.2, 0.25) is 0 Å². The summed E-state index contributed by atoms with van der Waals surface area (Å²) in [6.07, 6.45) is 1.71. The van der Waals surface area contributed by atoms with E-state index in [1.807, 2.05) is 6.92 Å². The Bertz CT molecular complexity index is 759. The normalized spacial score (nSPS) is 11.6. The topological polar surface area (TPSA) is 101 Å². The predicted molar refractivity (Wildman–Crippen MR) is 84.3 cm³/mol. The van der Waals surface area contributed by atoms with Gasteiger partial charge in [-0.3, -0.25) is 9.82 Å². The average molecular weight is 349 g/mol. The summed E-state index contributed by atoms with van der Waals surface area (Å²) in [5.41, 5.74) is 6.51. The van der Waals surface area contributed by atoms with Crippen LogP contribution in [0.25, 0.3) is 0 Å². The van der Waals surface area contributed by atoms with Gasteiger partial charge < -0.3 is 5.73 Å². The highest BCUT2D eigenvalue weighted by atomic mass is 35.5. The first-order valence-corrected chi connectivity index (χ1v) is 8.39. The van der Waals surface area contributed by atoms with E-state index < -0.39 is 10.0 Å². The van der Waals surface area contributed by atoms with E-state index in [0.29, 0.717) is 0 Å². The van der Waals surface area contributed by atoms with Crippen molar-refractivity contribution in [1.82, 2.24) is 10.2 Å². The number of rotatable bonds is 5. The van der Waals surface area contributed by atoms with Crippen LogP contribution in [0.4, 0.5) is 11.5 Å². The molecule has 0 saturated heterocycles. The zero-order valence-electron chi connectivity index (χ0n) is 11.2. The number of aryl methyl sites for hydroxylation is 1. The van der Waals surface area contributed by atoms with Crippen LogP contribution in [0.2, 0.25) is 10.0 Å². The Morgan fingerprint density at radius 2 is 2.10 bits per heavy atom. The molecule has 0 amide bonds. The SMILES string of the molecule is CCCc1cc(NS(=O)(=O)c2ccc(Cl)c(N)c2Cl)n[nH]1. The number of halogens is 2. The Morgan fingerprint density at radius 3 is 2.76 bits per heavy atom. The molecule has 1 aromatic heterocycles. The fourth-order valence-corrected chi connectivity index (χ4v) is 3.52. The second-order valence-corrected chi connectivity index (χ2v) is 6.84. The third-order valence-electron chi connectivity index (χ3n) is 2.77. The van der Waals surface area contributed by atoms with Crippen molar-refractivity contribution >= 4 is 44.7 Å². The molecule has 0 fully saturated rings. The molecule has 0 bridgehead atoms. The van der Waals surface area contributed by atoms with Gasteiger partial charge in [0.1, 0.15) is 4.90 Å². The molecular formula is C12H14Cl2N4O2S.